The molecule has 0 bridgehead atoms. The number of benzene rings is 1. The Kier molecular flexibility index (Phi) is 4.12. The number of hydrogen-bond acceptors (Lipinski definition) is 6. The third-order valence-electron chi connectivity index (χ3n) is 3.66. The van der Waals surface area contributed by atoms with Crippen molar-refractivity contribution < 1.29 is 23.1 Å². The average molecular weight is 328 g/mol. The van der Waals surface area contributed by atoms with Gasteiger partial charge in [0.1, 0.15) is 35.0 Å². The zero-order valence-corrected chi connectivity index (χ0v) is 13.5. The summed E-state index contributed by atoms with van der Waals surface area (Å²) in [5.41, 5.74) is 0.803. The van der Waals surface area contributed by atoms with E-state index in [1.54, 1.807) is 38.1 Å². The van der Waals surface area contributed by atoms with Gasteiger partial charge in [-0.25, -0.2) is 9.59 Å². The van der Waals surface area contributed by atoms with Crippen LogP contribution in [0.2, 0.25) is 0 Å². The second-order valence-corrected chi connectivity index (χ2v) is 5.36. The Labute approximate surface area is 137 Å². The number of furan rings is 1. The second kappa shape index (κ2) is 6.23. The molecule has 3 aromatic rings. The van der Waals surface area contributed by atoms with Crippen molar-refractivity contribution in [3.63, 3.8) is 0 Å². The molecule has 124 valence electrons. The summed E-state index contributed by atoms with van der Waals surface area (Å²) in [4.78, 5) is 23.9. The minimum atomic E-state index is -0.517. The van der Waals surface area contributed by atoms with Gasteiger partial charge in [-0.3, -0.25) is 0 Å². The summed E-state index contributed by atoms with van der Waals surface area (Å²) >= 11 is 0. The first kappa shape index (κ1) is 15.9. The number of hydrogen-bond donors (Lipinski definition) is 0. The van der Waals surface area contributed by atoms with Crippen molar-refractivity contribution >= 4 is 16.9 Å². The first-order valence-electron chi connectivity index (χ1n) is 7.33. The molecule has 0 aliphatic heterocycles. The Morgan fingerprint density at radius 3 is 2.58 bits per heavy atom. The molecule has 2 aromatic heterocycles. The molecular weight excluding hydrogens is 312 g/mol. The van der Waals surface area contributed by atoms with Crippen LogP contribution in [0.1, 0.15) is 27.4 Å². The Morgan fingerprint density at radius 2 is 1.92 bits per heavy atom. The number of methoxy groups -OCH3 is 1. The summed E-state index contributed by atoms with van der Waals surface area (Å²) in [6, 6.07) is 8.06. The third-order valence-corrected chi connectivity index (χ3v) is 3.66. The lowest BCUT2D eigenvalue weighted by molar-refractivity contribution is 0.0472. The van der Waals surface area contributed by atoms with E-state index in [1.165, 1.54) is 13.2 Å². The van der Waals surface area contributed by atoms with Gasteiger partial charge in [-0.2, -0.15) is 0 Å². The molecule has 6 heteroatoms. The van der Waals surface area contributed by atoms with Gasteiger partial charge in [-0.1, -0.05) is 0 Å². The van der Waals surface area contributed by atoms with E-state index >= 15 is 0 Å². The Balaban J connectivity index is 1.88. The maximum Gasteiger partial charge on any atom is 0.342 e. The summed E-state index contributed by atoms with van der Waals surface area (Å²) in [5, 5.41) is 0.684. The minimum Gasteiger partial charge on any atom is -0.497 e. The van der Waals surface area contributed by atoms with Gasteiger partial charge in [0, 0.05) is 23.1 Å². The van der Waals surface area contributed by atoms with Gasteiger partial charge in [-0.15, -0.1) is 0 Å². The standard InChI is InChI=1S/C18H16O6/c1-10-6-15(11(2)23-10)18(20)22-9-12-7-17(19)24-16-8-13(21-3)4-5-14(12)16/h4-8H,9H2,1-3H3. The van der Waals surface area contributed by atoms with Crippen LogP contribution in [-0.2, 0) is 11.3 Å². The molecule has 1 aromatic carbocycles. The van der Waals surface area contributed by atoms with E-state index < -0.39 is 11.6 Å². The molecule has 6 nitrogen and oxygen atoms in total. The fraction of sp³-hybridized carbons (Fsp3) is 0.222. The summed E-state index contributed by atoms with van der Waals surface area (Å²) < 4.78 is 20.9. The van der Waals surface area contributed by atoms with Gasteiger partial charge in [0.25, 0.3) is 0 Å². The number of ether oxygens (including phenoxy) is 2. The number of carbonyl (C=O) groups is 1. The Morgan fingerprint density at radius 1 is 1.12 bits per heavy atom. The van der Waals surface area contributed by atoms with Crippen LogP contribution in [-0.4, -0.2) is 13.1 Å². The van der Waals surface area contributed by atoms with Crippen molar-refractivity contribution in [3.8, 4) is 5.75 Å². The van der Waals surface area contributed by atoms with Crippen LogP contribution in [0.4, 0.5) is 0 Å². The molecule has 3 rings (SSSR count). The molecule has 0 spiro atoms. The zero-order chi connectivity index (χ0) is 17.3. The van der Waals surface area contributed by atoms with Crippen molar-refractivity contribution in [1.82, 2.24) is 0 Å². The third kappa shape index (κ3) is 3.03. The highest BCUT2D eigenvalue weighted by Gasteiger charge is 2.16. The molecule has 2 heterocycles. The van der Waals surface area contributed by atoms with Gasteiger partial charge in [0.2, 0.25) is 0 Å². The first-order chi connectivity index (χ1) is 11.5. The molecule has 0 saturated heterocycles. The highest BCUT2D eigenvalue weighted by molar-refractivity contribution is 5.91. The quantitative estimate of drug-likeness (QED) is 0.540. The lowest BCUT2D eigenvalue weighted by atomic mass is 10.1. The van der Waals surface area contributed by atoms with E-state index in [-0.39, 0.29) is 6.61 Å². The zero-order valence-electron chi connectivity index (χ0n) is 13.5. The topological polar surface area (TPSA) is 78.9 Å². The maximum absolute atomic E-state index is 12.2. The fourth-order valence-corrected chi connectivity index (χ4v) is 2.51. The van der Waals surface area contributed by atoms with Crippen LogP contribution in [0.3, 0.4) is 0 Å². The molecule has 0 fully saturated rings. The first-order valence-corrected chi connectivity index (χ1v) is 7.33. The molecule has 0 unspecified atom stereocenters. The summed E-state index contributed by atoms with van der Waals surface area (Å²) in [5.74, 6) is 1.21. The highest BCUT2D eigenvalue weighted by Crippen LogP contribution is 2.23. The minimum absolute atomic E-state index is 0.0447. The van der Waals surface area contributed by atoms with Gasteiger partial charge in [0.05, 0.1) is 7.11 Å². The summed E-state index contributed by atoms with van der Waals surface area (Å²) in [6.07, 6.45) is 0. The smallest absolute Gasteiger partial charge is 0.342 e. The second-order valence-electron chi connectivity index (χ2n) is 5.36. The van der Waals surface area contributed by atoms with Crippen molar-refractivity contribution in [2.75, 3.05) is 7.11 Å². The molecule has 0 aliphatic rings. The SMILES string of the molecule is COc1ccc2c(COC(=O)c3cc(C)oc3C)cc(=O)oc2c1. The van der Waals surface area contributed by atoms with Crippen LogP contribution in [0.5, 0.6) is 5.75 Å². The number of esters is 1. The van der Waals surface area contributed by atoms with Crippen molar-refractivity contribution in [2.24, 2.45) is 0 Å². The van der Waals surface area contributed by atoms with Crippen LogP contribution >= 0.6 is 0 Å². The van der Waals surface area contributed by atoms with Gasteiger partial charge < -0.3 is 18.3 Å². The van der Waals surface area contributed by atoms with Crippen LogP contribution in [0.15, 0.2) is 44.0 Å². The summed E-state index contributed by atoms with van der Waals surface area (Å²) in [6.45, 7) is 3.41. The molecule has 0 aliphatic carbocycles. The molecule has 0 amide bonds. The van der Waals surface area contributed by atoms with Crippen molar-refractivity contribution in [1.29, 1.82) is 0 Å². The fourth-order valence-electron chi connectivity index (χ4n) is 2.51. The normalized spacial score (nSPS) is 10.8. The Hall–Kier alpha value is -3.02. The summed E-state index contributed by atoms with van der Waals surface area (Å²) in [7, 11) is 1.53. The van der Waals surface area contributed by atoms with E-state index in [9.17, 15) is 9.59 Å². The molecular formula is C18H16O6. The largest absolute Gasteiger partial charge is 0.497 e. The van der Waals surface area contributed by atoms with Gasteiger partial charge >= 0.3 is 11.6 Å². The number of aryl methyl sites for hydroxylation is 2. The average Bonchev–Trinajstić information content (AvgIpc) is 2.90. The van der Waals surface area contributed by atoms with Crippen LogP contribution in [0, 0.1) is 13.8 Å². The number of rotatable bonds is 4. The molecule has 24 heavy (non-hydrogen) atoms. The van der Waals surface area contributed by atoms with E-state index in [0.717, 1.165) is 0 Å². The predicted molar refractivity (Wildman–Crippen MR) is 86.3 cm³/mol. The van der Waals surface area contributed by atoms with Crippen LogP contribution < -0.4 is 10.4 Å². The van der Waals surface area contributed by atoms with Gasteiger partial charge in [-0.05, 0) is 32.0 Å². The van der Waals surface area contributed by atoms with Crippen molar-refractivity contribution in [3.05, 3.63) is 63.4 Å². The predicted octanol–water partition coefficient (Wildman–Crippen LogP) is 3.37. The van der Waals surface area contributed by atoms with E-state index in [4.69, 9.17) is 18.3 Å². The Bertz CT molecular complexity index is 963. The number of carbonyl (C=O) groups excluding carboxylic acids is 1. The number of fused-ring (bicyclic) bond motifs is 1. The molecule has 0 N–H and O–H groups in total. The maximum atomic E-state index is 12.2. The molecule has 0 radical (unpaired) electrons. The van der Waals surface area contributed by atoms with Crippen LogP contribution in [0.25, 0.3) is 11.0 Å². The van der Waals surface area contributed by atoms with Crippen molar-refractivity contribution in [2.45, 2.75) is 20.5 Å². The lowest BCUT2D eigenvalue weighted by Crippen LogP contribution is -2.08. The van der Waals surface area contributed by atoms with E-state index in [0.29, 0.717) is 39.4 Å². The highest BCUT2D eigenvalue weighted by atomic mass is 16.5. The van der Waals surface area contributed by atoms with Gasteiger partial charge in [0.15, 0.2) is 0 Å². The van der Waals surface area contributed by atoms with E-state index in [1.807, 2.05) is 0 Å². The monoisotopic (exact) mass is 328 g/mol. The molecule has 0 atom stereocenters. The molecule has 0 saturated carbocycles. The lowest BCUT2D eigenvalue weighted by Gasteiger charge is -2.08. The van der Waals surface area contributed by atoms with E-state index in [2.05, 4.69) is 0 Å².